The molecule has 0 amide bonds. The number of nitrogens with one attached hydrogen (secondary N) is 1. The molecule has 1 aliphatic heterocycles. The first-order valence-electron chi connectivity index (χ1n) is 6.77. The molecule has 1 aromatic heterocycles. The number of anilines is 1. The first kappa shape index (κ1) is 13.3. The number of aromatic nitrogens is 2. The quantitative estimate of drug-likeness (QED) is 0.891. The van der Waals surface area contributed by atoms with Crippen LogP contribution in [0.4, 0.5) is 5.82 Å². The molecule has 1 saturated heterocycles. The summed E-state index contributed by atoms with van der Waals surface area (Å²) in [6.07, 6.45) is 1.49. The van der Waals surface area contributed by atoms with E-state index in [4.69, 9.17) is 4.74 Å². The van der Waals surface area contributed by atoms with Gasteiger partial charge in [0.2, 0.25) is 0 Å². The third-order valence-electron chi connectivity index (χ3n) is 3.47. The Morgan fingerprint density at radius 3 is 2.83 bits per heavy atom. The maximum atomic E-state index is 5.57. The third-order valence-corrected chi connectivity index (χ3v) is 3.47. The molecule has 1 aliphatic rings. The molecule has 0 aliphatic carbocycles. The Hall–Kier alpha value is -1.16. The number of nitrogens with zero attached hydrogens (tertiary/aromatic N) is 2. The Bertz CT molecular complexity index is 406. The van der Waals surface area contributed by atoms with Gasteiger partial charge in [-0.2, -0.15) is 0 Å². The summed E-state index contributed by atoms with van der Waals surface area (Å²) in [6.45, 7) is 10.2. The molecule has 0 radical (unpaired) electrons. The molecule has 2 unspecified atom stereocenters. The largest absolute Gasteiger partial charge is 0.378 e. The van der Waals surface area contributed by atoms with Crippen LogP contribution in [0.3, 0.4) is 0 Å². The van der Waals surface area contributed by atoms with E-state index in [0.717, 1.165) is 36.9 Å². The first-order chi connectivity index (χ1) is 8.56. The lowest BCUT2D eigenvalue weighted by Gasteiger charge is -2.16. The van der Waals surface area contributed by atoms with E-state index in [9.17, 15) is 0 Å². The molecule has 0 saturated carbocycles. The molecule has 100 valence electrons. The standard InChI is InChI=1S/C14H23N3O/c1-9(2)14-16-10(3)7-13(17-14)15-8-12-5-6-18-11(12)4/h7,9,11-12H,5-6,8H2,1-4H3,(H,15,16,17). The molecule has 4 nitrogen and oxygen atoms in total. The molecule has 0 bridgehead atoms. The summed E-state index contributed by atoms with van der Waals surface area (Å²) in [6, 6.07) is 2.01. The van der Waals surface area contributed by atoms with Crippen molar-refractivity contribution < 1.29 is 4.74 Å². The van der Waals surface area contributed by atoms with Gasteiger partial charge in [0, 0.05) is 36.7 Å². The number of rotatable bonds is 4. The first-order valence-corrected chi connectivity index (χ1v) is 6.77. The molecule has 1 N–H and O–H groups in total. The molecular weight excluding hydrogens is 226 g/mol. The maximum absolute atomic E-state index is 5.57. The van der Waals surface area contributed by atoms with Crippen LogP contribution >= 0.6 is 0 Å². The minimum absolute atomic E-state index is 0.352. The predicted octanol–water partition coefficient (Wildman–Crippen LogP) is 2.75. The summed E-state index contributed by atoms with van der Waals surface area (Å²) in [5.41, 5.74) is 1.02. The van der Waals surface area contributed by atoms with Crippen LogP contribution in [0.5, 0.6) is 0 Å². The Kier molecular flexibility index (Phi) is 4.17. The van der Waals surface area contributed by atoms with E-state index in [2.05, 4.69) is 36.1 Å². The zero-order valence-corrected chi connectivity index (χ0v) is 11.7. The number of aryl methyl sites for hydroxylation is 1. The summed E-state index contributed by atoms with van der Waals surface area (Å²) in [7, 11) is 0. The summed E-state index contributed by atoms with van der Waals surface area (Å²) in [5, 5.41) is 3.42. The Labute approximate surface area is 109 Å². The van der Waals surface area contributed by atoms with E-state index in [1.165, 1.54) is 0 Å². The van der Waals surface area contributed by atoms with E-state index >= 15 is 0 Å². The second-order valence-electron chi connectivity index (χ2n) is 5.41. The second-order valence-corrected chi connectivity index (χ2v) is 5.41. The smallest absolute Gasteiger partial charge is 0.133 e. The molecule has 2 heterocycles. The van der Waals surface area contributed by atoms with Crippen LogP contribution in [0.1, 0.15) is 44.6 Å². The van der Waals surface area contributed by atoms with Crippen LogP contribution in [-0.4, -0.2) is 29.2 Å². The molecule has 4 heteroatoms. The van der Waals surface area contributed by atoms with Crippen molar-refractivity contribution in [1.29, 1.82) is 0 Å². The van der Waals surface area contributed by atoms with Crippen molar-refractivity contribution >= 4 is 5.82 Å². The van der Waals surface area contributed by atoms with Gasteiger partial charge in [-0.1, -0.05) is 13.8 Å². The minimum atomic E-state index is 0.352. The van der Waals surface area contributed by atoms with E-state index in [1.807, 2.05) is 13.0 Å². The molecule has 0 spiro atoms. The van der Waals surface area contributed by atoms with Crippen molar-refractivity contribution in [2.45, 2.75) is 46.1 Å². The van der Waals surface area contributed by atoms with E-state index < -0.39 is 0 Å². The third kappa shape index (κ3) is 3.19. The van der Waals surface area contributed by atoms with Crippen molar-refractivity contribution in [3.8, 4) is 0 Å². The average molecular weight is 249 g/mol. The van der Waals surface area contributed by atoms with Gasteiger partial charge in [-0.05, 0) is 20.3 Å². The molecule has 1 fully saturated rings. The normalized spacial score (nSPS) is 23.6. The molecule has 2 atom stereocenters. The summed E-state index contributed by atoms with van der Waals surface area (Å²) in [5.74, 6) is 2.79. The van der Waals surface area contributed by atoms with Crippen LogP contribution in [-0.2, 0) is 4.74 Å². The van der Waals surface area contributed by atoms with Gasteiger partial charge in [-0.25, -0.2) is 9.97 Å². The van der Waals surface area contributed by atoms with Crippen molar-refractivity contribution in [2.24, 2.45) is 5.92 Å². The second kappa shape index (κ2) is 5.65. The Morgan fingerprint density at radius 2 is 2.22 bits per heavy atom. The average Bonchev–Trinajstić information content (AvgIpc) is 2.71. The molecule has 2 rings (SSSR count). The van der Waals surface area contributed by atoms with Crippen LogP contribution in [0, 0.1) is 12.8 Å². The van der Waals surface area contributed by atoms with Gasteiger partial charge in [-0.3, -0.25) is 0 Å². The van der Waals surface area contributed by atoms with Crippen molar-refractivity contribution in [2.75, 3.05) is 18.5 Å². The summed E-state index contributed by atoms with van der Waals surface area (Å²) < 4.78 is 5.57. The summed E-state index contributed by atoms with van der Waals surface area (Å²) in [4.78, 5) is 9.01. The highest BCUT2D eigenvalue weighted by Gasteiger charge is 2.23. The SMILES string of the molecule is Cc1cc(NCC2CCOC2C)nc(C(C)C)n1. The maximum Gasteiger partial charge on any atom is 0.133 e. The van der Waals surface area contributed by atoms with Gasteiger partial charge < -0.3 is 10.1 Å². The van der Waals surface area contributed by atoms with E-state index in [1.54, 1.807) is 0 Å². The van der Waals surface area contributed by atoms with Crippen LogP contribution in [0.15, 0.2) is 6.07 Å². The molecule has 0 aromatic carbocycles. The zero-order valence-electron chi connectivity index (χ0n) is 11.7. The van der Waals surface area contributed by atoms with Crippen LogP contribution in [0.2, 0.25) is 0 Å². The van der Waals surface area contributed by atoms with Gasteiger partial charge in [0.1, 0.15) is 11.6 Å². The van der Waals surface area contributed by atoms with E-state index in [0.29, 0.717) is 17.9 Å². The number of ether oxygens (including phenoxy) is 1. The summed E-state index contributed by atoms with van der Waals surface area (Å²) >= 11 is 0. The van der Waals surface area contributed by atoms with Gasteiger partial charge in [-0.15, -0.1) is 0 Å². The van der Waals surface area contributed by atoms with Gasteiger partial charge in [0.25, 0.3) is 0 Å². The fourth-order valence-electron chi connectivity index (χ4n) is 2.22. The number of hydrogen-bond acceptors (Lipinski definition) is 4. The van der Waals surface area contributed by atoms with Gasteiger partial charge in [0.15, 0.2) is 0 Å². The van der Waals surface area contributed by atoms with E-state index in [-0.39, 0.29) is 0 Å². The Balaban J connectivity index is 2.00. The lowest BCUT2D eigenvalue weighted by molar-refractivity contribution is 0.108. The molecule has 18 heavy (non-hydrogen) atoms. The monoisotopic (exact) mass is 249 g/mol. The number of hydrogen-bond donors (Lipinski definition) is 1. The van der Waals surface area contributed by atoms with Crippen molar-refractivity contribution in [3.63, 3.8) is 0 Å². The lowest BCUT2D eigenvalue weighted by Crippen LogP contribution is -2.21. The highest BCUT2D eigenvalue weighted by molar-refractivity contribution is 5.36. The van der Waals surface area contributed by atoms with Crippen molar-refractivity contribution in [1.82, 2.24) is 9.97 Å². The topological polar surface area (TPSA) is 47.0 Å². The van der Waals surface area contributed by atoms with Gasteiger partial charge in [0.05, 0.1) is 6.10 Å². The van der Waals surface area contributed by atoms with Crippen LogP contribution in [0.25, 0.3) is 0 Å². The fraction of sp³-hybridized carbons (Fsp3) is 0.714. The highest BCUT2D eigenvalue weighted by Crippen LogP contribution is 2.21. The fourth-order valence-corrected chi connectivity index (χ4v) is 2.22. The predicted molar refractivity (Wildman–Crippen MR) is 72.9 cm³/mol. The van der Waals surface area contributed by atoms with Crippen molar-refractivity contribution in [3.05, 3.63) is 17.6 Å². The minimum Gasteiger partial charge on any atom is -0.378 e. The molecular formula is C14H23N3O. The Morgan fingerprint density at radius 1 is 1.44 bits per heavy atom. The van der Waals surface area contributed by atoms with Crippen LogP contribution < -0.4 is 5.32 Å². The molecule has 1 aromatic rings. The highest BCUT2D eigenvalue weighted by atomic mass is 16.5. The zero-order chi connectivity index (χ0) is 13.1. The lowest BCUT2D eigenvalue weighted by atomic mass is 10.0. The van der Waals surface area contributed by atoms with Gasteiger partial charge >= 0.3 is 0 Å².